The summed E-state index contributed by atoms with van der Waals surface area (Å²) in [6.45, 7) is 1.97. The molecule has 96 valence electrons. The van der Waals surface area contributed by atoms with Crippen molar-refractivity contribution in [2.75, 3.05) is 0 Å². The Morgan fingerprint density at radius 3 is 2.89 bits per heavy atom. The molecule has 0 fully saturated rings. The van der Waals surface area contributed by atoms with Gasteiger partial charge in [-0.15, -0.1) is 11.3 Å². The van der Waals surface area contributed by atoms with Gasteiger partial charge in [-0.2, -0.15) is 0 Å². The third kappa shape index (κ3) is 3.60. The molecule has 2 aromatic rings. The summed E-state index contributed by atoms with van der Waals surface area (Å²) in [5.74, 6) is -0.205. The van der Waals surface area contributed by atoms with Crippen LogP contribution in [0.5, 0.6) is 0 Å². The molecule has 2 N–H and O–H groups in total. The Kier molecular flexibility index (Phi) is 4.48. The Labute approximate surface area is 118 Å². The maximum atomic E-state index is 13.6. The molecule has 0 saturated heterocycles. The lowest BCUT2D eigenvalue weighted by atomic mass is 10.0. The highest BCUT2D eigenvalue weighted by Gasteiger charge is 2.11. The first-order valence-electron chi connectivity index (χ1n) is 5.65. The summed E-state index contributed by atoms with van der Waals surface area (Å²) in [4.78, 5) is 4.37. The van der Waals surface area contributed by atoms with E-state index in [-0.39, 0.29) is 11.9 Å². The minimum atomic E-state index is -0.205. The van der Waals surface area contributed by atoms with E-state index >= 15 is 0 Å². The fraction of sp³-hybridized carbons (Fsp3) is 0.308. The van der Waals surface area contributed by atoms with Crippen molar-refractivity contribution >= 4 is 27.3 Å². The summed E-state index contributed by atoms with van der Waals surface area (Å²) in [5, 5.41) is 3.04. The van der Waals surface area contributed by atoms with E-state index in [4.69, 9.17) is 5.73 Å². The molecule has 0 radical (unpaired) electrons. The number of nitrogens with zero attached hydrogens (tertiary/aromatic N) is 1. The van der Waals surface area contributed by atoms with Gasteiger partial charge >= 0.3 is 0 Å². The summed E-state index contributed by atoms with van der Waals surface area (Å²) < 4.78 is 14.5. The van der Waals surface area contributed by atoms with E-state index in [1.165, 1.54) is 6.07 Å². The van der Waals surface area contributed by atoms with Crippen LogP contribution in [0.15, 0.2) is 28.1 Å². The van der Waals surface area contributed by atoms with Crippen LogP contribution < -0.4 is 5.73 Å². The Morgan fingerprint density at radius 1 is 1.44 bits per heavy atom. The molecule has 0 spiro atoms. The first kappa shape index (κ1) is 13.6. The Hall–Kier alpha value is -0.780. The predicted octanol–water partition coefficient (Wildman–Crippen LogP) is 3.47. The largest absolute Gasteiger partial charge is 0.327 e. The number of halogens is 2. The number of aromatic nitrogens is 1. The van der Waals surface area contributed by atoms with Gasteiger partial charge in [-0.3, -0.25) is 0 Å². The number of aryl methyl sites for hydroxylation is 1. The lowest BCUT2D eigenvalue weighted by Gasteiger charge is -2.11. The molecule has 0 amide bonds. The molecular formula is C13H14BrFN2S. The number of rotatable bonds is 4. The average molecular weight is 329 g/mol. The standard InChI is InChI=1S/C13H14BrFN2S/c1-8-17-12(7-18-8)6-11(16)5-9-4-10(14)2-3-13(9)15/h2-4,7,11H,5-6,16H2,1H3. The van der Waals surface area contributed by atoms with E-state index in [0.717, 1.165) is 15.2 Å². The van der Waals surface area contributed by atoms with Crippen LogP contribution in [0.25, 0.3) is 0 Å². The second-order valence-electron chi connectivity index (χ2n) is 4.26. The molecule has 0 saturated carbocycles. The van der Waals surface area contributed by atoms with E-state index < -0.39 is 0 Å². The lowest BCUT2D eigenvalue weighted by molar-refractivity contribution is 0.581. The topological polar surface area (TPSA) is 38.9 Å². The van der Waals surface area contributed by atoms with Crippen LogP contribution in [0.1, 0.15) is 16.3 Å². The van der Waals surface area contributed by atoms with Crippen molar-refractivity contribution in [3.63, 3.8) is 0 Å². The Balaban J connectivity index is 2.02. The fourth-order valence-corrected chi connectivity index (χ4v) is 2.86. The smallest absolute Gasteiger partial charge is 0.126 e. The molecule has 0 aliphatic rings. The van der Waals surface area contributed by atoms with Gasteiger partial charge in [-0.1, -0.05) is 15.9 Å². The zero-order valence-electron chi connectivity index (χ0n) is 9.99. The SMILES string of the molecule is Cc1nc(CC(N)Cc2cc(Br)ccc2F)cs1. The highest BCUT2D eigenvalue weighted by molar-refractivity contribution is 9.10. The summed E-state index contributed by atoms with van der Waals surface area (Å²) in [7, 11) is 0. The maximum Gasteiger partial charge on any atom is 0.126 e. The Bertz CT molecular complexity index is 542. The molecule has 1 aromatic heterocycles. The zero-order chi connectivity index (χ0) is 13.1. The van der Waals surface area contributed by atoms with E-state index in [1.54, 1.807) is 23.5 Å². The van der Waals surface area contributed by atoms with Gasteiger partial charge in [0.05, 0.1) is 10.7 Å². The summed E-state index contributed by atoms with van der Waals surface area (Å²) in [6.07, 6.45) is 1.19. The van der Waals surface area contributed by atoms with Gasteiger partial charge in [-0.25, -0.2) is 9.37 Å². The first-order chi connectivity index (χ1) is 8.54. The van der Waals surface area contributed by atoms with Crippen molar-refractivity contribution in [3.8, 4) is 0 Å². The van der Waals surface area contributed by atoms with Crippen LogP contribution in [0.2, 0.25) is 0 Å². The molecule has 18 heavy (non-hydrogen) atoms. The monoisotopic (exact) mass is 328 g/mol. The summed E-state index contributed by atoms with van der Waals surface area (Å²) >= 11 is 4.95. The van der Waals surface area contributed by atoms with Gasteiger partial charge in [0.2, 0.25) is 0 Å². The van der Waals surface area contributed by atoms with Crippen molar-refractivity contribution in [1.82, 2.24) is 4.98 Å². The lowest BCUT2D eigenvalue weighted by Crippen LogP contribution is -2.26. The predicted molar refractivity (Wildman–Crippen MR) is 76.3 cm³/mol. The number of nitrogens with two attached hydrogens (primary N) is 1. The average Bonchev–Trinajstić information content (AvgIpc) is 2.69. The Morgan fingerprint density at radius 2 is 2.22 bits per heavy atom. The molecule has 1 atom stereocenters. The van der Waals surface area contributed by atoms with Crippen molar-refractivity contribution < 1.29 is 4.39 Å². The normalized spacial score (nSPS) is 12.7. The van der Waals surface area contributed by atoms with Crippen LogP contribution >= 0.6 is 27.3 Å². The minimum Gasteiger partial charge on any atom is -0.327 e. The number of hydrogen-bond acceptors (Lipinski definition) is 3. The van der Waals surface area contributed by atoms with Gasteiger partial charge in [0.15, 0.2) is 0 Å². The number of thiazole rings is 1. The molecule has 0 aliphatic carbocycles. The molecule has 2 rings (SSSR count). The van der Waals surface area contributed by atoms with E-state index in [1.807, 2.05) is 12.3 Å². The number of hydrogen-bond donors (Lipinski definition) is 1. The second kappa shape index (κ2) is 5.91. The molecule has 1 heterocycles. The molecule has 1 aromatic carbocycles. The van der Waals surface area contributed by atoms with Crippen molar-refractivity contribution in [3.05, 3.63) is 50.1 Å². The third-order valence-electron chi connectivity index (χ3n) is 2.63. The molecular weight excluding hydrogens is 315 g/mol. The maximum absolute atomic E-state index is 13.6. The summed E-state index contributed by atoms with van der Waals surface area (Å²) in [5.41, 5.74) is 7.68. The minimum absolute atomic E-state index is 0.115. The second-order valence-corrected chi connectivity index (χ2v) is 6.24. The third-order valence-corrected chi connectivity index (χ3v) is 3.94. The first-order valence-corrected chi connectivity index (χ1v) is 7.32. The highest BCUT2D eigenvalue weighted by atomic mass is 79.9. The fourth-order valence-electron chi connectivity index (χ4n) is 1.82. The zero-order valence-corrected chi connectivity index (χ0v) is 12.4. The molecule has 0 bridgehead atoms. The van der Waals surface area contributed by atoms with Crippen LogP contribution in [0.3, 0.4) is 0 Å². The van der Waals surface area contributed by atoms with Gasteiger partial charge in [0.1, 0.15) is 5.82 Å². The quantitative estimate of drug-likeness (QED) is 0.933. The van der Waals surface area contributed by atoms with E-state index in [9.17, 15) is 4.39 Å². The van der Waals surface area contributed by atoms with E-state index in [2.05, 4.69) is 20.9 Å². The van der Waals surface area contributed by atoms with Crippen LogP contribution in [-0.2, 0) is 12.8 Å². The summed E-state index contributed by atoms with van der Waals surface area (Å²) in [6, 6.07) is 4.81. The molecule has 1 unspecified atom stereocenters. The van der Waals surface area contributed by atoms with Crippen LogP contribution in [-0.4, -0.2) is 11.0 Å². The number of benzene rings is 1. The molecule has 2 nitrogen and oxygen atoms in total. The van der Waals surface area contributed by atoms with Gasteiger partial charge in [0.25, 0.3) is 0 Å². The van der Waals surface area contributed by atoms with Crippen molar-refractivity contribution in [2.45, 2.75) is 25.8 Å². The molecule has 0 aliphatic heterocycles. The van der Waals surface area contributed by atoms with Gasteiger partial charge in [0, 0.05) is 22.3 Å². The highest BCUT2D eigenvalue weighted by Crippen LogP contribution is 2.18. The van der Waals surface area contributed by atoms with Crippen LogP contribution in [0, 0.1) is 12.7 Å². The van der Waals surface area contributed by atoms with Crippen molar-refractivity contribution in [2.24, 2.45) is 5.73 Å². The van der Waals surface area contributed by atoms with Gasteiger partial charge in [-0.05, 0) is 37.1 Å². The molecule has 5 heteroatoms. The van der Waals surface area contributed by atoms with E-state index in [0.29, 0.717) is 18.4 Å². The van der Waals surface area contributed by atoms with Crippen molar-refractivity contribution in [1.29, 1.82) is 0 Å². The van der Waals surface area contributed by atoms with Crippen LogP contribution in [0.4, 0.5) is 4.39 Å². The van der Waals surface area contributed by atoms with Gasteiger partial charge < -0.3 is 5.73 Å².